The zero-order chi connectivity index (χ0) is 19.8. The summed E-state index contributed by atoms with van der Waals surface area (Å²) in [6.07, 6.45) is 4.00. The van der Waals surface area contributed by atoms with Crippen LogP contribution < -0.4 is 4.74 Å². The minimum atomic E-state index is -0.527. The molecule has 2 aromatic rings. The Morgan fingerprint density at radius 1 is 1.33 bits per heavy atom. The van der Waals surface area contributed by atoms with E-state index in [0.717, 1.165) is 53.3 Å². The molecule has 5 heteroatoms. The number of methoxy groups -OCH3 is 1. The number of hydrogen-bond acceptors (Lipinski definition) is 4. The number of hydrogen-bond donors (Lipinski definition) is 0. The van der Waals surface area contributed by atoms with Crippen LogP contribution in [0, 0.1) is 12.8 Å². The summed E-state index contributed by atoms with van der Waals surface area (Å²) in [4.78, 5) is 15.2. The van der Waals surface area contributed by atoms with Gasteiger partial charge in [-0.05, 0) is 70.7 Å². The smallest absolute Gasteiger partial charge is 0.419 e. The van der Waals surface area contributed by atoms with Gasteiger partial charge in [0.1, 0.15) is 11.4 Å². The van der Waals surface area contributed by atoms with Gasteiger partial charge in [0.15, 0.2) is 0 Å². The molecule has 1 aromatic carbocycles. The van der Waals surface area contributed by atoms with Crippen LogP contribution in [0.2, 0.25) is 0 Å². The van der Waals surface area contributed by atoms with Crippen LogP contribution in [-0.2, 0) is 11.3 Å². The number of carbonyl (C=O) groups excluding carboxylic acids is 1. The van der Waals surface area contributed by atoms with E-state index in [-0.39, 0.29) is 6.09 Å². The monoisotopic (exact) mass is 372 g/mol. The zero-order valence-electron chi connectivity index (χ0n) is 17.5. The number of fused-ring (bicyclic) bond motifs is 1. The quantitative estimate of drug-likeness (QED) is 0.763. The third-order valence-corrected chi connectivity index (χ3v) is 5.16. The number of aryl methyl sites for hydroxylation is 1. The summed E-state index contributed by atoms with van der Waals surface area (Å²) >= 11 is 0. The second-order valence-electron chi connectivity index (χ2n) is 8.79. The van der Waals surface area contributed by atoms with Crippen molar-refractivity contribution in [2.45, 2.75) is 59.6 Å². The Morgan fingerprint density at radius 2 is 2.07 bits per heavy atom. The molecule has 0 spiro atoms. The first kappa shape index (κ1) is 19.7. The number of rotatable bonds is 3. The van der Waals surface area contributed by atoms with Gasteiger partial charge in [0.25, 0.3) is 0 Å². The fourth-order valence-corrected chi connectivity index (χ4v) is 4.03. The van der Waals surface area contributed by atoms with E-state index in [1.54, 1.807) is 11.7 Å². The van der Waals surface area contributed by atoms with Crippen molar-refractivity contribution in [3.05, 3.63) is 29.5 Å². The molecule has 1 atom stereocenters. The van der Waals surface area contributed by atoms with E-state index in [4.69, 9.17) is 9.47 Å². The number of nitrogens with zero attached hydrogens (tertiary/aromatic N) is 2. The number of ether oxygens (including phenoxy) is 2. The van der Waals surface area contributed by atoms with Crippen molar-refractivity contribution in [3.63, 3.8) is 0 Å². The topological polar surface area (TPSA) is 43.7 Å². The van der Waals surface area contributed by atoms with Crippen molar-refractivity contribution in [1.82, 2.24) is 9.47 Å². The third kappa shape index (κ3) is 4.29. The van der Waals surface area contributed by atoms with E-state index in [1.165, 1.54) is 12.8 Å². The van der Waals surface area contributed by atoms with E-state index in [2.05, 4.69) is 11.8 Å². The Bertz CT molecular complexity index is 832. The SMILES string of the molecule is COc1cc(C)c2c(ccn2C(=O)OC(C)(C)C)c1CN1CCCC(C)C1. The number of aromatic nitrogens is 1. The molecule has 1 aliphatic heterocycles. The summed E-state index contributed by atoms with van der Waals surface area (Å²) < 4.78 is 12.9. The van der Waals surface area contributed by atoms with E-state index in [0.29, 0.717) is 0 Å². The average Bonchev–Trinajstić information content (AvgIpc) is 3.01. The van der Waals surface area contributed by atoms with Crippen LogP contribution in [0.4, 0.5) is 4.79 Å². The predicted octanol–water partition coefficient (Wildman–Crippen LogP) is 4.97. The van der Waals surface area contributed by atoms with E-state index in [1.807, 2.05) is 46.0 Å². The highest BCUT2D eigenvalue weighted by Gasteiger charge is 2.24. The van der Waals surface area contributed by atoms with Crippen LogP contribution in [0.25, 0.3) is 10.9 Å². The highest BCUT2D eigenvalue weighted by molar-refractivity contribution is 5.95. The Hall–Kier alpha value is -2.01. The van der Waals surface area contributed by atoms with Crippen LogP contribution in [0.5, 0.6) is 5.75 Å². The van der Waals surface area contributed by atoms with Gasteiger partial charge in [-0.15, -0.1) is 0 Å². The fraction of sp³-hybridized carbons (Fsp3) is 0.591. The Kier molecular flexibility index (Phi) is 5.52. The first-order valence-corrected chi connectivity index (χ1v) is 9.83. The van der Waals surface area contributed by atoms with Crippen molar-refractivity contribution >= 4 is 17.0 Å². The van der Waals surface area contributed by atoms with E-state index < -0.39 is 5.60 Å². The van der Waals surface area contributed by atoms with Gasteiger partial charge in [-0.25, -0.2) is 4.79 Å². The third-order valence-electron chi connectivity index (χ3n) is 5.16. The molecule has 0 saturated carbocycles. The van der Waals surface area contributed by atoms with Crippen molar-refractivity contribution in [2.75, 3.05) is 20.2 Å². The van der Waals surface area contributed by atoms with Crippen LogP contribution in [0.1, 0.15) is 51.7 Å². The average molecular weight is 373 g/mol. The van der Waals surface area contributed by atoms with Crippen LogP contribution >= 0.6 is 0 Å². The molecule has 27 heavy (non-hydrogen) atoms. The van der Waals surface area contributed by atoms with Gasteiger partial charge in [-0.1, -0.05) is 6.92 Å². The normalized spacial score (nSPS) is 18.7. The maximum absolute atomic E-state index is 12.7. The lowest BCUT2D eigenvalue weighted by Gasteiger charge is -2.31. The molecule has 1 aliphatic rings. The second-order valence-corrected chi connectivity index (χ2v) is 8.79. The first-order chi connectivity index (χ1) is 12.7. The van der Waals surface area contributed by atoms with Crippen molar-refractivity contribution < 1.29 is 14.3 Å². The van der Waals surface area contributed by atoms with Gasteiger partial charge < -0.3 is 9.47 Å². The van der Waals surface area contributed by atoms with Crippen molar-refractivity contribution in [2.24, 2.45) is 5.92 Å². The van der Waals surface area contributed by atoms with Crippen LogP contribution in [0.3, 0.4) is 0 Å². The molecule has 0 bridgehead atoms. The Labute approximate surface area is 162 Å². The largest absolute Gasteiger partial charge is 0.496 e. The standard InChI is InChI=1S/C22H32N2O3/c1-15-8-7-10-23(13-15)14-18-17-9-11-24(21(25)27-22(3,4)5)20(17)16(2)12-19(18)26-6/h9,11-12,15H,7-8,10,13-14H2,1-6H3. The number of piperidine rings is 1. The molecule has 0 aliphatic carbocycles. The minimum Gasteiger partial charge on any atom is -0.496 e. The van der Waals surface area contributed by atoms with Gasteiger partial charge >= 0.3 is 6.09 Å². The van der Waals surface area contributed by atoms with Gasteiger partial charge in [0, 0.05) is 30.2 Å². The molecule has 3 rings (SSSR count). The lowest BCUT2D eigenvalue weighted by molar-refractivity contribution is 0.0544. The molecule has 1 aromatic heterocycles. The lowest BCUT2D eigenvalue weighted by Crippen LogP contribution is -2.33. The molecule has 1 saturated heterocycles. The summed E-state index contributed by atoms with van der Waals surface area (Å²) in [6.45, 7) is 13.0. The molecule has 2 heterocycles. The lowest BCUT2D eigenvalue weighted by atomic mass is 9.98. The summed E-state index contributed by atoms with van der Waals surface area (Å²) in [5, 5.41) is 1.07. The highest BCUT2D eigenvalue weighted by Crippen LogP contribution is 2.34. The van der Waals surface area contributed by atoms with Crippen LogP contribution in [0.15, 0.2) is 18.3 Å². The Balaban J connectivity index is 2.02. The van der Waals surface area contributed by atoms with E-state index >= 15 is 0 Å². The molecule has 0 radical (unpaired) electrons. The van der Waals surface area contributed by atoms with Gasteiger partial charge in [-0.3, -0.25) is 9.47 Å². The maximum atomic E-state index is 12.7. The summed E-state index contributed by atoms with van der Waals surface area (Å²) in [7, 11) is 1.72. The summed E-state index contributed by atoms with van der Waals surface area (Å²) in [6, 6.07) is 4.05. The second kappa shape index (κ2) is 7.55. The van der Waals surface area contributed by atoms with Gasteiger partial charge in [-0.2, -0.15) is 0 Å². The van der Waals surface area contributed by atoms with Crippen molar-refractivity contribution in [1.29, 1.82) is 0 Å². The number of likely N-dealkylation sites (tertiary alicyclic amines) is 1. The molecule has 0 amide bonds. The first-order valence-electron chi connectivity index (χ1n) is 9.83. The summed E-state index contributed by atoms with van der Waals surface area (Å²) in [5.41, 5.74) is 2.54. The maximum Gasteiger partial charge on any atom is 0.419 e. The molecule has 5 nitrogen and oxygen atoms in total. The molecule has 1 unspecified atom stereocenters. The predicted molar refractivity (Wildman–Crippen MR) is 109 cm³/mol. The minimum absolute atomic E-state index is 0.344. The van der Waals surface area contributed by atoms with Crippen molar-refractivity contribution in [3.8, 4) is 5.75 Å². The van der Waals surface area contributed by atoms with Gasteiger partial charge in [0.2, 0.25) is 0 Å². The van der Waals surface area contributed by atoms with Gasteiger partial charge in [0.05, 0.1) is 12.6 Å². The molecule has 0 N–H and O–H groups in total. The summed E-state index contributed by atoms with van der Waals surface area (Å²) in [5.74, 6) is 1.61. The molecule has 148 valence electrons. The fourth-order valence-electron chi connectivity index (χ4n) is 4.03. The number of benzene rings is 1. The zero-order valence-corrected chi connectivity index (χ0v) is 17.5. The molecule has 1 fully saturated rings. The molecular weight excluding hydrogens is 340 g/mol. The Morgan fingerprint density at radius 3 is 2.70 bits per heavy atom. The molecular formula is C22H32N2O3. The highest BCUT2D eigenvalue weighted by atomic mass is 16.6. The van der Waals surface area contributed by atoms with Crippen LogP contribution in [-0.4, -0.2) is 41.4 Å². The van der Waals surface area contributed by atoms with E-state index in [9.17, 15) is 4.79 Å². The number of carbonyl (C=O) groups is 1.